The molecule has 0 radical (unpaired) electrons. The van der Waals surface area contributed by atoms with Crippen LogP contribution in [0.5, 0.6) is 0 Å². The van der Waals surface area contributed by atoms with Gasteiger partial charge in [0, 0.05) is 12.3 Å². The Morgan fingerprint density at radius 1 is 1.23 bits per heavy atom. The number of anilines is 1. The Balaban J connectivity index is 1.91. The maximum atomic E-state index is 11.7. The Hall–Kier alpha value is -2.68. The fourth-order valence-corrected chi connectivity index (χ4v) is 2.14. The molecule has 1 aromatic carbocycles. The Labute approximate surface area is 126 Å². The Morgan fingerprint density at radius 2 is 1.91 bits per heavy atom. The molecule has 22 heavy (non-hydrogen) atoms. The molecule has 0 bridgehead atoms. The van der Waals surface area contributed by atoms with Gasteiger partial charge < -0.3 is 14.6 Å². The van der Waals surface area contributed by atoms with Crippen LogP contribution < -0.4 is 5.32 Å². The summed E-state index contributed by atoms with van der Waals surface area (Å²) >= 11 is 0. The minimum atomic E-state index is -3.33. The van der Waals surface area contributed by atoms with Crippen molar-refractivity contribution in [1.29, 1.82) is 0 Å². The number of ether oxygens (including phenoxy) is 1. The normalized spacial score (nSPS) is 11.0. The maximum Gasteiger partial charge on any atom is 0.338 e. The number of carbonyl (C=O) groups excluding carboxylic acids is 2. The number of sulfone groups is 1. The topological polar surface area (TPSA) is 116 Å². The third kappa shape index (κ3) is 4.16. The molecule has 1 heterocycles. The zero-order valence-corrected chi connectivity index (χ0v) is 12.3. The molecule has 0 atom stereocenters. The highest BCUT2D eigenvalue weighted by molar-refractivity contribution is 7.90. The van der Waals surface area contributed by atoms with Crippen molar-refractivity contribution in [2.45, 2.75) is 4.90 Å². The van der Waals surface area contributed by atoms with Crippen molar-refractivity contribution in [1.82, 2.24) is 5.16 Å². The summed E-state index contributed by atoms with van der Waals surface area (Å²) in [6, 6.07) is 6.65. The van der Waals surface area contributed by atoms with Crippen LogP contribution in [0.1, 0.15) is 10.4 Å². The fraction of sp³-hybridized carbons (Fsp3) is 0.154. The van der Waals surface area contributed by atoms with E-state index in [1.54, 1.807) is 0 Å². The summed E-state index contributed by atoms with van der Waals surface area (Å²) in [7, 11) is -3.33. The molecule has 0 fully saturated rings. The number of aromatic nitrogens is 1. The number of amides is 1. The average molecular weight is 324 g/mol. The average Bonchev–Trinajstić information content (AvgIpc) is 2.97. The van der Waals surface area contributed by atoms with Crippen molar-refractivity contribution in [3.05, 3.63) is 42.2 Å². The first-order valence-electron chi connectivity index (χ1n) is 6.04. The van der Waals surface area contributed by atoms with Gasteiger partial charge in [0.25, 0.3) is 5.91 Å². The van der Waals surface area contributed by atoms with E-state index in [2.05, 4.69) is 15.0 Å². The molecule has 1 N–H and O–H groups in total. The van der Waals surface area contributed by atoms with E-state index in [-0.39, 0.29) is 16.3 Å². The third-order valence-electron chi connectivity index (χ3n) is 2.56. The van der Waals surface area contributed by atoms with Gasteiger partial charge >= 0.3 is 5.97 Å². The maximum absolute atomic E-state index is 11.7. The molecule has 0 aliphatic heterocycles. The van der Waals surface area contributed by atoms with E-state index < -0.39 is 28.3 Å². The van der Waals surface area contributed by atoms with Crippen LogP contribution >= 0.6 is 0 Å². The number of nitrogens with one attached hydrogen (secondary N) is 1. The lowest BCUT2D eigenvalue weighted by Gasteiger charge is -2.05. The number of carbonyl (C=O) groups is 2. The van der Waals surface area contributed by atoms with Crippen molar-refractivity contribution in [3.8, 4) is 0 Å². The van der Waals surface area contributed by atoms with Crippen molar-refractivity contribution in [3.63, 3.8) is 0 Å². The lowest BCUT2D eigenvalue weighted by atomic mass is 10.2. The molecular formula is C13H12N2O6S. The van der Waals surface area contributed by atoms with Crippen LogP contribution in [0.25, 0.3) is 0 Å². The SMILES string of the molecule is CS(=O)(=O)c1ccc(C(=O)OCC(=O)Nc2ccon2)cc1. The van der Waals surface area contributed by atoms with Crippen molar-refractivity contribution in [2.75, 3.05) is 18.2 Å². The van der Waals surface area contributed by atoms with Gasteiger partial charge in [0.1, 0.15) is 6.26 Å². The van der Waals surface area contributed by atoms with Crippen LogP contribution in [-0.4, -0.2) is 38.3 Å². The van der Waals surface area contributed by atoms with Gasteiger partial charge in [0.15, 0.2) is 22.3 Å². The summed E-state index contributed by atoms with van der Waals surface area (Å²) in [5.41, 5.74) is 0.140. The van der Waals surface area contributed by atoms with Crippen molar-refractivity contribution in [2.24, 2.45) is 0 Å². The zero-order chi connectivity index (χ0) is 16.2. The Kier molecular flexibility index (Phi) is 4.56. The number of hydrogen-bond acceptors (Lipinski definition) is 7. The van der Waals surface area contributed by atoms with Gasteiger partial charge in [-0.25, -0.2) is 13.2 Å². The van der Waals surface area contributed by atoms with Crippen LogP contribution in [0.15, 0.2) is 46.0 Å². The molecule has 116 valence electrons. The second kappa shape index (κ2) is 6.39. The second-order valence-corrected chi connectivity index (χ2v) is 6.32. The van der Waals surface area contributed by atoms with E-state index in [4.69, 9.17) is 4.74 Å². The molecule has 0 spiro atoms. The molecule has 0 saturated heterocycles. The van der Waals surface area contributed by atoms with Gasteiger partial charge in [-0.05, 0) is 24.3 Å². The van der Waals surface area contributed by atoms with Crippen LogP contribution in [0, 0.1) is 0 Å². The van der Waals surface area contributed by atoms with Gasteiger partial charge in [-0.1, -0.05) is 5.16 Å². The quantitative estimate of drug-likeness (QED) is 0.811. The first-order valence-corrected chi connectivity index (χ1v) is 7.93. The second-order valence-electron chi connectivity index (χ2n) is 4.31. The zero-order valence-electron chi connectivity index (χ0n) is 11.5. The molecule has 8 nitrogen and oxygen atoms in total. The number of benzene rings is 1. The van der Waals surface area contributed by atoms with Crippen LogP contribution in [0.4, 0.5) is 5.82 Å². The van der Waals surface area contributed by atoms with Gasteiger partial charge in [0.2, 0.25) is 0 Å². The summed E-state index contributed by atoms with van der Waals surface area (Å²) in [5.74, 6) is -1.11. The first kappa shape index (κ1) is 15.7. The summed E-state index contributed by atoms with van der Waals surface area (Å²) < 4.78 is 31.9. The lowest BCUT2D eigenvalue weighted by Crippen LogP contribution is -2.21. The summed E-state index contributed by atoms with van der Waals surface area (Å²) in [6.07, 6.45) is 2.35. The van der Waals surface area contributed by atoms with E-state index >= 15 is 0 Å². The molecule has 0 aliphatic carbocycles. The van der Waals surface area contributed by atoms with E-state index in [1.807, 2.05) is 0 Å². The molecule has 0 aliphatic rings. The number of nitrogens with zero attached hydrogens (tertiary/aromatic N) is 1. The number of esters is 1. The van der Waals surface area contributed by atoms with E-state index in [9.17, 15) is 18.0 Å². The van der Waals surface area contributed by atoms with Gasteiger partial charge in [-0.15, -0.1) is 0 Å². The summed E-state index contributed by atoms with van der Waals surface area (Å²) in [5, 5.41) is 5.83. The molecule has 1 amide bonds. The van der Waals surface area contributed by atoms with E-state index in [0.717, 1.165) is 6.26 Å². The third-order valence-corrected chi connectivity index (χ3v) is 3.69. The highest BCUT2D eigenvalue weighted by Gasteiger charge is 2.13. The van der Waals surface area contributed by atoms with E-state index in [0.29, 0.717) is 0 Å². The Bertz CT molecular complexity index is 765. The number of rotatable bonds is 5. The number of hydrogen-bond donors (Lipinski definition) is 1. The molecule has 0 saturated carbocycles. The standard InChI is InChI=1S/C13H12N2O6S/c1-22(18,19)10-4-2-9(3-5-10)13(17)20-8-12(16)14-11-6-7-21-15-11/h2-7H,8H2,1H3,(H,14,15,16). The molecule has 1 aromatic heterocycles. The minimum absolute atomic E-state index is 0.0906. The van der Waals surface area contributed by atoms with Crippen LogP contribution in [-0.2, 0) is 19.4 Å². The first-order chi connectivity index (χ1) is 10.4. The van der Waals surface area contributed by atoms with Crippen LogP contribution in [0.2, 0.25) is 0 Å². The largest absolute Gasteiger partial charge is 0.452 e. The predicted octanol–water partition coefficient (Wildman–Crippen LogP) is 0.874. The highest BCUT2D eigenvalue weighted by Crippen LogP contribution is 2.11. The molecule has 2 rings (SSSR count). The predicted molar refractivity (Wildman–Crippen MR) is 75.0 cm³/mol. The van der Waals surface area contributed by atoms with E-state index in [1.165, 1.54) is 36.6 Å². The van der Waals surface area contributed by atoms with Crippen molar-refractivity contribution >= 4 is 27.5 Å². The highest BCUT2D eigenvalue weighted by atomic mass is 32.2. The minimum Gasteiger partial charge on any atom is -0.452 e. The molecule has 2 aromatic rings. The smallest absolute Gasteiger partial charge is 0.338 e. The van der Waals surface area contributed by atoms with Gasteiger partial charge in [-0.2, -0.15) is 0 Å². The van der Waals surface area contributed by atoms with Gasteiger partial charge in [0.05, 0.1) is 10.5 Å². The van der Waals surface area contributed by atoms with Crippen LogP contribution in [0.3, 0.4) is 0 Å². The molecule has 0 unspecified atom stereocenters. The molecule has 9 heteroatoms. The van der Waals surface area contributed by atoms with Gasteiger partial charge in [-0.3, -0.25) is 4.79 Å². The summed E-state index contributed by atoms with van der Waals surface area (Å²) in [6.45, 7) is -0.500. The Morgan fingerprint density at radius 3 is 2.45 bits per heavy atom. The fourth-order valence-electron chi connectivity index (χ4n) is 1.51. The van der Waals surface area contributed by atoms with Crippen molar-refractivity contribution < 1.29 is 27.3 Å². The summed E-state index contributed by atoms with van der Waals surface area (Å²) in [4.78, 5) is 23.3. The molecular weight excluding hydrogens is 312 g/mol. The monoisotopic (exact) mass is 324 g/mol. The lowest BCUT2D eigenvalue weighted by molar-refractivity contribution is -0.119.